The Balaban J connectivity index is 1.29. The van der Waals surface area contributed by atoms with E-state index in [1.54, 1.807) is 14.2 Å². The molecule has 2 fully saturated rings. The monoisotopic (exact) mass is 581 g/mol. The van der Waals surface area contributed by atoms with Gasteiger partial charge in [0.25, 0.3) is 0 Å². The fourth-order valence-corrected chi connectivity index (χ4v) is 7.01. The number of carboxylic acids is 1. The third kappa shape index (κ3) is 6.70. The second kappa shape index (κ2) is 12.8. The number of aryl methyl sites for hydroxylation is 2. The maximum Gasteiger partial charge on any atom is 0.326 e. The molecule has 9 heteroatoms. The molecular weight excluding hydrogens is 542 g/mol. The molecule has 1 heterocycles. The second-order valence-electron chi connectivity index (χ2n) is 11.8. The van der Waals surface area contributed by atoms with E-state index < -0.39 is 5.97 Å². The number of fused-ring (bicyclic) bond motifs is 1. The van der Waals surface area contributed by atoms with Crippen molar-refractivity contribution >= 4 is 29.5 Å². The molecule has 0 spiro atoms. The zero-order chi connectivity index (χ0) is 29.1. The third-order valence-electron chi connectivity index (χ3n) is 9.08. The van der Waals surface area contributed by atoms with Crippen LogP contribution in [0.1, 0.15) is 66.8 Å². The van der Waals surface area contributed by atoms with Crippen LogP contribution in [0.25, 0.3) is 0 Å². The van der Waals surface area contributed by atoms with Crippen molar-refractivity contribution in [1.29, 1.82) is 0 Å². The molecule has 0 bridgehead atoms. The summed E-state index contributed by atoms with van der Waals surface area (Å²) >= 11 is 6.30. The highest BCUT2D eigenvalue weighted by Crippen LogP contribution is 2.40. The number of amides is 3. The van der Waals surface area contributed by atoms with Gasteiger partial charge in [-0.15, -0.1) is 0 Å². The first-order valence-corrected chi connectivity index (χ1v) is 15.1. The van der Waals surface area contributed by atoms with Gasteiger partial charge in [-0.3, -0.25) is 19.4 Å². The number of imide groups is 1. The molecule has 3 amide bonds. The van der Waals surface area contributed by atoms with Gasteiger partial charge in [0.05, 0.1) is 13.0 Å². The highest BCUT2D eigenvalue weighted by Gasteiger charge is 2.34. The van der Waals surface area contributed by atoms with Crippen LogP contribution in [0.5, 0.6) is 5.75 Å². The maximum atomic E-state index is 12.2. The Bertz CT molecular complexity index is 1290. The SMILES string of the molecule is COc1cc(CN(C[C@H]2CC[C@H](C(=O)O)CC2)C2CCc3cc(Cl)ccc32)ccc1CCCN1C(=O)CN(C)C1=O. The summed E-state index contributed by atoms with van der Waals surface area (Å²) in [6, 6.07) is 12.7. The molecule has 3 aliphatic rings. The number of methoxy groups -OCH3 is 1. The molecule has 1 atom stereocenters. The predicted octanol–water partition coefficient (Wildman–Crippen LogP) is 5.56. The van der Waals surface area contributed by atoms with Crippen LogP contribution >= 0.6 is 11.6 Å². The van der Waals surface area contributed by atoms with E-state index in [0.717, 1.165) is 68.0 Å². The topological polar surface area (TPSA) is 90.4 Å². The Morgan fingerprint density at radius 1 is 1.10 bits per heavy atom. The summed E-state index contributed by atoms with van der Waals surface area (Å²) in [5.41, 5.74) is 4.88. The fraction of sp³-hybridized carbons (Fsp3) is 0.531. The molecule has 8 nitrogen and oxygen atoms in total. The van der Waals surface area contributed by atoms with Crippen LogP contribution < -0.4 is 4.74 Å². The Kier molecular flexibility index (Phi) is 9.19. The largest absolute Gasteiger partial charge is 0.496 e. The number of halogens is 1. The molecule has 2 aromatic rings. The molecule has 1 unspecified atom stereocenters. The molecule has 1 aliphatic heterocycles. The van der Waals surface area contributed by atoms with Gasteiger partial charge in [0, 0.05) is 37.7 Å². The molecule has 0 aromatic heterocycles. The molecule has 1 N–H and O–H groups in total. The van der Waals surface area contributed by atoms with E-state index in [0.29, 0.717) is 31.3 Å². The molecule has 41 heavy (non-hydrogen) atoms. The second-order valence-corrected chi connectivity index (χ2v) is 12.3. The smallest absolute Gasteiger partial charge is 0.326 e. The summed E-state index contributed by atoms with van der Waals surface area (Å²) in [5, 5.41) is 10.2. The van der Waals surface area contributed by atoms with Crippen LogP contribution in [-0.4, -0.2) is 71.5 Å². The van der Waals surface area contributed by atoms with Crippen molar-refractivity contribution in [1.82, 2.24) is 14.7 Å². The normalized spacial score (nSPS) is 22.5. The van der Waals surface area contributed by atoms with Crippen LogP contribution in [0.15, 0.2) is 36.4 Å². The minimum atomic E-state index is -0.667. The number of nitrogens with zero attached hydrogens (tertiary/aromatic N) is 3. The van der Waals surface area contributed by atoms with Crippen molar-refractivity contribution in [3.8, 4) is 5.75 Å². The lowest BCUT2D eigenvalue weighted by molar-refractivity contribution is -0.143. The molecule has 220 valence electrons. The van der Waals surface area contributed by atoms with Gasteiger partial charge in [0.2, 0.25) is 5.91 Å². The minimum absolute atomic E-state index is 0.146. The van der Waals surface area contributed by atoms with Crippen molar-refractivity contribution in [2.75, 3.05) is 33.8 Å². The molecule has 1 saturated carbocycles. The highest BCUT2D eigenvalue weighted by atomic mass is 35.5. The van der Waals surface area contributed by atoms with Crippen LogP contribution in [0.2, 0.25) is 5.02 Å². The molecule has 5 rings (SSSR count). The van der Waals surface area contributed by atoms with E-state index in [-0.39, 0.29) is 24.4 Å². The average Bonchev–Trinajstić information content (AvgIpc) is 3.48. The number of rotatable bonds is 11. The summed E-state index contributed by atoms with van der Waals surface area (Å²) in [4.78, 5) is 41.1. The van der Waals surface area contributed by atoms with E-state index in [1.165, 1.54) is 26.5 Å². The van der Waals surface area contributed by atoms with Gasteiger partial charge in [-0.25, -0.2) is 4.79 Å². The predicted molar refractivity (Wildman–Crippen MR) is 157 cm³/mol. The van der Waals surface area contributed by atoms with Gasteiger partial charge < -0.3 is 14.7 Å². The van der Waals surface area contributed by atoms with E-state index >= 15 is 0 Å². The maximum absolute atomic E-state index is 12.2. The van der Waals surface area contributed by atoms with Gasteiger partial charge in [-0.05, 0) is 97.7 Å². The third-order valence-corrected chi connectivity index (χ3v) is 9.31. The Labute approximate surface area is 247 Å². The lowest BCUT2D eigenvalue weighted by atomic mass is 9.81. The number of carbonyl (C=O) groups excluding carboxylic acids is 2. The van der Waals surface area contributed by atoms with E-state index in [2.05, 4.69) is 35.2 Å². The summed E-state index contributed by atoms with van der Waals surface area (Å²) in [6.45, 7) is 2.24. The van der Waals surface area contributed by atoms with Gasteiger partial charge in [0.1, 0.15) is 12.3 Å². The Morgan fingerprint density at radius 2 is 1.88 bits per heavy atom. The lowest BCUT2D eigenvalue weighted by Crippen LogP contribution is -2.34. The van der Waals surface area contributed by atoms with Crippen molar-refractivity contribution in [2.45, 2.75) is 64.0 Å². The molecule has 0 radical (unpaired) electrons. The molecule has 2 aliphatic carbocycles. The van der Waals surface area contributed by atoms with Gasteiger partial charge >= 0.3 is 12.0 Å². The minimum Gasteiger partial charge on any atom is -0.496 e. The number of ether oxygens (including phenoxy) is 1. The fourth-order valence-electron chi connectivity index (χ4n) is 6.81. The Morgan fingerprint density at radius 3 is 2.56 bits per heavy atom. The quantitative estimate of drug-likeness (QED) is 0.350. The van der Waals surface area contributed by atoms with Gasteiger partial charge in [-0.1, -0.05) is 29.8 Å². The lowest BCUT2D eigenvalue weighted by Gasteiger charge is -2.35. The summed E-state index contributed by atoms with van der Waals surface area (Å²) in [6.07, 6.45) is 6.80. The summed E-state index contributed by atoms with van der Waals surface area (Å²) < 4.78 is 5.78. The van der Waals surface area contributed by atoms with Crippen LogP contribution in [-0.2, 0) is 29.0 Å². The van der Waals surface area contributed by atoms with Gasteiger partial charge in [0.15, 0.2) is 0 Å². The number of hydrogen-bond donors (Lipinski definition) is 1. The zero-order valence-electron chi connectivity index (χ0n) is 24.0. The zero-order valence-corrected chi connectivity index (χ0v) is 24.7. The first-order valence-electron chi connectivity index (χ1n) is 14.7. The van der Waals surface area contributed by atoms with Crippen LogP contribution in [0.3, 0.4) is 0 Å². The number of carbonyl (C=O) groups is 3. The van der Waals surface area contributed by atoms with Crippen molar-refractivity contribution in [2.24, 2.45) is 11.8 Å². The standard InChI is InChI=1S/C32H40ClN3O5/c1-34-20-30(37)36(32(34)40)15-3-4-23-8-7-22(16-29(23)41-2)19-35(18-21-5-9-24(10-6-21)31(38)39)28-14-11-25-17-26(33)12-13-27(25)28/h7-8,12-13,16-17,21,24,28H,3-6,9-11,14-15,18-20H2,1-2H3,(H,38,39)/t21-,24-,28?. The van der Waals surface area contributed by atoms with E-state index in [9.17, 15) is 19.5 Å². The number of hydrogen-bond acceptors (Lipinski definition) is 5. The van der Waals surface area contributed by atoms with Crippen molar-refractivity contribution in [3.05, 3.63) is 63.7 Å². The Hall–Kier alpha value is -3.10. The van der Waals surface area contributed by atoms with Crippen LogP contribution in [0, 0.1) is 11.8 Å². The molecule has 2 aromatic carbocycles. The number of benzene rings is 2. The summed E-state index contributed by atoms with van der Waals surface area (Å²) in [7, 11) is 3.33. The number of carboxylic acid groups (broad SMARTS) is 1. The number of urea groups is 1. The van der Waals surface area contributed by atoms with Crippen molar-refractivity contribution < 1.29 is 24.2 Å². The first-order chi connectivity index (χ1) is 19.7. The number of aliphatic carboxylic acids is 1. The van der Waals surface area contributed by atoms with E-state index in [4.69, 9.17) is 16.3 Å². The van der Waals surface area contributed by atoms with E-state index in [1.807, 2.05) is 6.07 Å². The van der Waals surface area contributed by atoms with Crippen LogP contribution in [0.4, 0.5) is 4.79 Å². The van der Waals surface area contributed by atoms with Crippen molar-refractivity contribution in [3.63, 3.8) is 0 Å². The number of likely N-dealkylation sites (N-methyl/N-ethyl adjacent to an activating group) is 1. The first kappa shape index (κ1) is 29.4. The summed E-state index contributed by atoms with van der Waals surface area (Å²) in [5.74, 6) is 0.262. The highest BCUT2D eigenvalue weighted by molar-refractivity contribution is 6.30. The van der Waals surface area contributed by atoms with Gasteiger partial charge in [-0.2, -0.15) is 0 Å². The molecular formula is C32H40ClN3O5. The molecule has 1 saturated heterocycles. The average molecular weight is 582 g/mol.